The smallest absolute Gasteiger partial charge is 0.149 e. The van der Waals surface area contributed by atoms with Crippen LogP contribution in [0.15, 0.2) is 12.4 Å². The molecule has 1 aliphatic heterocycles. The standard InChI is InChI=1S/C10H14ClN3/c1-8-4-2-3-5-14(8)10-7-12-6-9(11)13-10/h6-8H,2-5H2,1H3. The highest BCUT2D eigenvalue weighted by Gasteiger charge is 2.19. The van der Waals surface area contributed by atoms with Crippen molar-refractivity contribution in [2.24, 2.45) is 0 Å². The summed E-state index contributed by atoms with van der Waals surface area (Å²) in [6, 6.07) is 0.552. The Morgan fingerprint density at radius 3 is 3.00 bits per heavy atom. The molecule has 0 N–H and O–H groups in total. The zero-order chi connectivity index (χ0) is 9.97. The minimum atomic E-state index is 0.472. The third-order valence-electron chi connectivity index (χ3n) is 2.69. The molecule has 1 aromatic rings. The fourth-order valence-corrected chi connectivity index (χ4v) is 2.05. The average Bonchev–Trinajstić information content (AvgIpc) is 2.18. The van der Waals surface area contributed by atoms with Gasteiger partial charge in [-0.15, -0.1) is 0 Å². The summed E-state index contributed by atoms with van der Waals surface area (Å²) in [6.45, 7) is 3.29. The van der Waals surface area contributed by atoms with Crippen LogP contribution in [0.25, 0.3) is 0 Å². The molecule has 14 heavy (non-hydrogen) atoms. The van der Waals surface area contributed by atoms with E-state index in [2.05, 4.69) is 21.8 Å². The molecular formula is C10H14ClN3. The first-order valence-electron chi connectivity index (χ1n) is 5.01. The van der Waals surface area contributed by atoms with Crippen molar-refractivity contribution >= 4 is 17.4 Å². The van der Waals surface area contributed by atoms with E-state index in [0.717, 1.165) is 12.4 Å². The van der Waals surface area contributed by atoms with Gasteiger partial charge in [0, 0.05) is 12.6 Å². The van der Waals surface area contributed by atoms with Gasteiger partial charge in [-0.3, -0.25) is 4.98 Å². The summed E-state index contributed by atoms with van der Waals surface area (Å²) >= 11 is 5.81. The molecule has 1 atom stereocenters. The Labute approximate surface area is 89.1 Å². The van der Waals surface area contributed by atoms with Crippen LogP contribution in [0.1, 0.15) is 26.2 Å². The van der Waals surface area contributed by atoms with Crippen LogP contribution in [-0.2, 0) is 0 Å². The molecule has 0 bridgehead atoms. The molecule has 0 spiro atoms. The molecule has 3 nitrogen and oxygen atoms in total. The first-order valence-corrected chi connectivity index (χ1v) is 5.39. The van der Waals surface area contributed by atoms with Crippen LogP contribution in [0, 0.1) is 0 Å². The molecule has 1 fully saturated rings. The molecular weight excluding hydrogens is 198 g/mol. The van der Waals surface area contributed by atoms with Crippen LogP contribution < -0.4 is 4.90 Å². The molecule has 1 aliphatic rings. The molecule has 4 heteroatoms. The van der Waals surface area contributed by atoms with Gasteiger partial charge >= 0.3 is 0 Å². The lowest BCUT2D eigenvalue weighted by atomic mass is 10.0. The van der Waals surface area contributed by atoms with E-state index in [0.29, 0.717) is 11.2 Å². The second-order valence-corrected chi connectivity index (χ2v) is 4.13. The summed E-state index contributed by atoms with van der Waals surface area (Å²) in [7, 11) is 0. The third-order valence-corrected chi connectivity index (χ3v) is 2.87. The van der Waals surface area contributed by atoms with E-state index in [1.165, 1.54) is 19.3 Å². The van der Waals surface area contributed by atoms with E-state index in [4.69, 9.17) is 11.6 Å². The highest BCUT2D eigenvalue weighted by molar-refractivity contribution is 6.29. The number of hydrogen-bond acceptors (Lipinski definition) is 3. The molecule has 0 aromatic carbocycles. The monoisotopic (exact) mass is 211 g/mol. The fourth-order valence-electron chi connectivity index (χ4n) is 1.91. The van der Waals surface area contributed by atoms with E-state index in [-0.39, 0.29) is 0 Å². The van der Waals surface area contributed by atoms with Gasteiger partial charge in [-0.2, -0.15) is 0 Å². The number of aromatic nitrogens is 2. The Balaban J connectivity index is 2.20. The maximum atomic E-state index is 5.81. The lowest BCUT2D eigenvalue weighted by molar-refractivity contribution is 0.481. The lowest BCUT2D eigenvalue weighted by Crippen LogP contribution is -2.38. The van der Waals surface area contributed by atoms with Gasteiger partial charge in [0.25, 0.3) is 0 Å². The first kappa shape index (κ1) is 9.71. The van der Waals surface area contributed by atoms with Crippen LogP contribution in [0.2, 0.25) is 5.15 Å². The largest absolute Gasteiger partial charge is 0.353 e. The summed E-state index contributed by atoms with van der Waals surface area (Å²) < 4.78 is 0. The molecule has 1 unspecified atom stereocenters. The van der Waals surface area contributed by atoms with Crippen molar-refractivity contribution in [2.75, 3.05) is 11.4 Å². The number of piperidine rings is 1. The summed E-state index contributed by atoms with van der Waals surface area (Å²) in [4.78, 5) is 10.6. The molecule has 0 saturated carbocycles. The quantitative estimate of drug-likeness (QED) is 0.715. The number of rotatable bonds is 1. The molecule has 0 radical (unpaired) electrons. The molecule has 2 rings (SSSR count). The van der Waals surface area contributed by atoms with E-state index in [1.54, 1.807) is 12.4 Å². The predicted octanol–water partition coefficient (Wildman–Crippen LogP) is 2.51. The normalized spacial score (nSPS) is 22.4. The van der Waals surface area contributed by atoms with Crippen molar-refractivity contribution in [2.45, 2.75) is 32.2 Å². The maximum absolute atomic E-state index is 5.81. The van der Waals surface area contributed by atoms with Gasteiger partial charge in [-0.25, -0.2) is 4.98 Å². The Morgan fingerprint density at radius 2 is 2.29 bits per heavy atom. The van der Waals surface area contributed by atoms with Crippen LogP contribution in [0.3, 0.4) is 0 Å². The second-order valence-electron chi connectivity index (χ2n) is 3.74. The van der Waals surface area contributed by atoms with E-state index in [9.17, 15) is 0 Å². The summed E-state index contributed by atoms with van der Waals surface area (Å²) in [5, 5.41) is 0.472. The van der Waals surface area contributed by atoms with Crippen LogP contribution in [0.5, 0.6) is 0 Å². The molecule has 2 heterocycles. The van der Waals surface area contributed by atoms with Crippen molar-refractivity contribution in [1.29, 1.82) is 0 Å². The predicted molar refractivity (Wildman–Crippen MR) is 57.7 cm³/mol. The topological polar surface area (TPSA) is 29.0 Å². The Hall–Kier alpha value is -0.830. The van der Waals surface area contributed by atoms with Crippen LogP contribution >= 0.6 is 11.6 Å². The SMILES string of the molecule is CC1CCCCN1c1cncc(Cl)n1. The minimum Gasteiger partial charge on any atom is -0.353 e. The zero-order valence-electron chi connectivity index (χ0n) is 8.28. The number of nitrogens with zero attached hydrogens (tertiary/aromatic N) is 3. The van der Waals surface area contributed by atoms with Crippen molar-refractivity contribution < 1.29 is 0 Å². The highest BCUT2D eigenvalue weighted by Crippen LogP contribution is 2.22. The highest BCUT2D eigenvalue weighted by atomic mass is 35.5. The van der Waals surface area contributed by atoms with Gasteiger partial charge in [-0.05, 0) is 26.2 Å². The number of hydrogen-bond donors (Lipinski definition) is 0. The lowest BCUT2D eigenvalue weighted by Gasteiger charge is -2.34. The number of anilines is 1. The molecule has 1 aromatic heterocycles. The summed E-state index contributed by atoms with van der Waals surface area (Å²) in [5.74, 6) is 0.907. The second kappa shape index (κ2) is 4.13. The van der Waals surface area contributed by atoms with E-state index >= 15 is 0 Å². The zero-order valence-corrected chi connectivity index (χ0v) is 9.04. The van der Waals surface area contributed by atoms with Crippen molar-refractivity contribution in [1.82, 2.24) is 9.97 Å². The van der Waals surface area contributed by atoms with Crippen molar-refractivity contribution in [3.05, 3.63) is 17.5 Å². The van der Waals surface area contributed by atoms with Gasteiger partial charge in [-0.1, -0.05) is 11.6 Å². The van der Waals surface area contributed by atoms with E-state index in [1.807, 2.05) is 0 Å². The van der Waals surface area contributed by atoms with Gasteiger partial charge in [0.2, 0.25) is 0 Å². The van der Waals surface area contributed by atoms with Gasteiger partial charge in [0.05, 0.1) is 12.4 Å². The molecule has 0 aliphatic carbocycles. The molecule has 76 valence electrons. The molecule has 0 amide bonds. The third kappa shape index (κ3) is 1.98. The first-order chi connectivity index (χ1) is 6.77. The fraction of sp³-hybridized carbons (Fsp3) is 0.600. The number of halogens is 1. The van der Waals surface area contributed by atoms with Gasteiger partial charge in [0.1, 0.15) is 11.0 Å². The van der Waals surface area contributed by atoms with Crippen molar-refractivity contribution in [3.8, 4) is 0 Å². The Morgan fingerprint density at radius 1 is 1.43 bits per heavy atom. The van der Waals surface area contributed by atoms with Crippen molar-refractivity contribution in [3.63, 3.8) is 0 Å². The van der Waals surface area contributed by atoms with Crippen LogP contribution in [-0.4, -0.2) is 22.6 Å². The van der Waals surface area contributed by atoms with Crippen LogP contribution in [0.4, 0.5) is 5.82 Å². The van der Waals surface area contributed by atoms with Gasteiger partial charge in [0.15, 0.2) is 0 Å². The van der Waals surface area contributed by atoms with E-state index < -0.39 is 0 Å². The average molecular weight is 212 g/mol. The summed E-state index contributed by atoms with van der Waals surface area (Å²) in [5.41, 5.74) is 0. The molecule has 1 saturated heterocycles. The van der Waals surface area contributed by atoms with Gasteiger partial charge < -0.3 is 4.90 Å². The Bertz CT molecular complexity index is 316. The Kier molecular flexibility index (Phi) is 2.87. The maximum Gasteiger partial charge on any atom is 0.149 e. The minimum absolute atomic E-state index is 0.472. The summed E-state index contributed by atoms with van der Waals surface area (Å²) in [6.07, 6.45) is 7.13.